The van der Waals surface area contributed by atoms with Crippen LogP contribution in [0.2, 0.25) is 0 Å². The van der Waals surface area contributed by atoms with Gasteiger partial charge in [-0.05, 0) is 12.7 Å². The maximum absolute atomic E-state index is 11.9. The highest BCUT2D eigenvalue weighted by Crippen LogP contribution is 2.37. The highest BCUT2D eigenvalue weighted by atomic mass is 33.1. The molecule has 0 radical (unpaired) electrons. The lowest BCUT2D eigenvalue weighted by molar-refractivity contribution is -0.128. The molecule has 0 aliphatic carbocycles. The Morgan fingerprint density at radius 1 is 1.40 bits per heavy atom. The molecule has 0 aromatic heterocycles. The van der Waals surface area contributed by atoms with Crippen molar-refractivity contribution in [1.29, 1.82) is 0 Å². The zero-order valence-corrected chi connectivity index (χ0v) is 7.37. The monoisotopic (exact) mass is 190 g/mol. The van der Waals surface area contributed by atoms with Crippen LogP contribution in [0.15, 0.2) is 0 Å². The van der Waals surface area contributed by atoms with Crippen molar-refractivity contribution in [2.24, 2.45) is 0 Å². The SMILES string of the molecule is CC[C@H](SSC)C(F)(F)F. The van der Waals surface area contributed by atoms with Gasteiger partial charge in [-0.2, -0.15) is 13.2 Å². The number of rotatable bonds is 3. The molecule has 10 heavy (non-hydrogen) atoms. The van der Waals surface area contributed by atoms with Crippen LogP contribution in [0.5, 0.6) is 0 Å². The summed E-state index contributed by atoms with van der Waals surface area (Å²) in [6, 6.07) is 0. The van der Waals surface area contributed by atoms with Crippen molar-refractivity contribution >= 4 is 21.6 Å². The van der Waals surface area contributed by atoms with Gasteiger partial charge >= 0.3 is 6.18 Å². The van der Waals surface area contributed by atoms with E-state index in [4.69, 9.17) is 0 Å². The van der Waals surface area contributed by atoms with Gasteiger partial charge in [0, 0.05) is 0 Å². The van der Waals surface area contributed by atoms with E-state index in [-0.39, 0.29) is 6.42 Å². The second-order valence-corrected chi connectivity index (χ2v) is 4.37. The average Bonchev–Trinajstić information content (AvgIpc) is 1.80. The van der Waals surface area contributed by atoms with E-state index in [1.165, 1.54) is 0 Å². The van der Waals surface area contributed by atoms with E-state index in [1.807, 2.05) is 0 Å². The normalized spacial score (nSPS) is 15.3. The van der Waals surface area contributed by atoms with E-state index in [2.05, 4.69) is 0 Å². The lowest BCUT2D eigenvalue weighted by atomic mass is 10.3. The van der Waals surface area contributed by atoms with Gasteiger partial charge in [-0.3, -0.25) is 0 Å². The van der Waals surface area contributed by atoms with Gasteiger partial charge in [0.05, 0.1) is 0 Å². The van der Waals surface area contributed by atoms with Crippen molar-refractivity contribution in [3.8, 4) is 0 Å². The Morgan fingerprint density at radius 3 is 2.00 bits per heavy atom. The van der Waals surface area contributed by atoms with Gasteiger partial charge in [-0.25, -0.2) is 0 Å². The topological polar surface area (TPSA) is 0 Å². The van der Waals surface area contributed by atoms with Crippen molar-refractivity contribution < 1.29 is 13.2 Å². The molecule has 0 nitrogen and oxygen atoms in total. The number of halogens is 3. The fourth-order valence-corrected chi connectivity index (χ4v) is 2.38. The van der Waals surface area contributed by atoms with Gasteiger partial charge in [0.25, 0.3) is 0 Å². The molecule has 62 valence electrons. The highest BCUT2D eigenvalue weighted by molar-refractivity contribution is 8.76. The highest BCUT2D eigenvalue weighted by Gasteiger charge is 2.38. The summed E-state index contributed by atoms with van der Waals surface area (Å²) in [7, 11) is 2.03. The molecule has 0 heterocycles. The molecule has 1 atom stereocenters. The molecule has 0 fully saturated rings. The molecule has 5 heteroatoms. The molecule has 0 aromatic carbocycles. The summed E-state index contributed by atoms with van der Waals surface area (Å²) in [6.45, 7) is 1.54. The van der Waals surface area contributed by atoms with Crippen LogP contribution in [0.25, 0.3) is 0 Å². The molecule has 0 bridgehead atoms. The molecule has 0 rings (SSSR count). The molecular weight excluding hydrogens is 181 g/mol. The lowest BCUT2D eigenvalue weighted by Gasteiger charge is -2.15. The molecule has 0 aromatic rings. The molecule has 0 N–H and O–H groups in total. The molecule has 0 saturated carbocycles. The van der Waals surface area contributed by atoms with Crippen LogP contribution in [0.4, 0.5) is 13.2 Å². The van der Waals surface area contributed by atoms with E-state index in [1.54, 1.807) is 13.2 Å². The van der Waals surface area contributed by atoms with Gasteiger partial charge in [0.2, 0.25) is 0 Å². The zero-order chi connectivity index (χ0) is 8.20. The summed E-state index contributed by atoms with van der Waals surface area (Å²) >= 11 is 0. The fourth-order valence-electron chi connectivity index (χ4n) is 0.470. The molecule has 0 unspecified atom stereocenters. The number of hydrogen-bond acceptors (Lipinski definition) is 2. The molecule has 0 spiro atoms. The van der Waals surface area contributed by atoms with Crippen LogP contribution in [-0.2, 0) is 0 Å². The standard InChI is InChI=1S/C5H9F3S2/c1-3-4(10-9-2)5(6,7)8/h4H,3H2,1-2H3/t4-/m0/s1. The number of alkyl halides is 3. The zero-order valence-electron chi connectivity index (χ0n) is 5.73. The first-order valence-corrected chi connectivity index (χ1v) is 5.40. The van der Waals surface area contributed by atoms with Gasteiger partial charge in [0.15, 0.2) is 0 Å². The van der Waals surface area contributed by atoms with Crippen molar-refractivity contribution in [2.75, 3.05) is 6.26 Å². The third-order valence-electron chi connectivity index (χ3n) is 0.948. The van der Waals surface area contributed by atoms with Crippen LogP contribution in [0.1, 0.15) is 13.3 Å². The molecular formula is C5H9F3S2. The first-order chi connectivity index (χ1) is 4.52. The molecule has 0 aliphatic rings. The fraction of sp³-hybridized carbons (Fsp3) is 1.00. The smallest absolute Gasteiger partial charge is 0.170 e. The van der Waals surface area contributed by atoms with E-state index in [0.717, 1.165) is 21.6 Å². The van der Waals surface area contributed by atoms with E-state index < -0.39 is 11.4 Å². The second-order valence-electron chi connectivity index (χ2n) is 1.70. The predicted octanol–water partition coefficient (Wildman–Crippen LogP) is 3.34. The van der Waals surface area contributed by atoms with Crippen LogP contribution in [0, 0.1) is 0 Å². The number of hydrogen-bond donors (Lipinski definition) is 0. The first-order valence-electron chi connectivity index (χ1n) is 2.78. The first kappa shape index (κ1) is 10.5. The minimum atomic E-state index is -4.04. The summed E-state index contributed by atoms with van der Waals surface area (Å²) in [5.74, 6) is 0. The largest absolute Gasteiger partial charge is 0.401 e. The summed E-state index contributed by atoms with van der Waals surface area (Å²) in [6.07, 6.45) is -2.24. The third-order valence-corrected chi connectivity index (χ3v) is 3.25. The Morgan fingerprint density at radius 2 is 1.90 bits per heavy atom. The summed E-state index contributed by atoms with van der Waals surface area (Å²) in [5.41, 5.74) is 0. The lowest BCUT2D eigenvalue weighted by Crippen LogP contribution is -2.23. The van der Waals surface area contributed by atoms with Crippen LogP contribution >= 0.6 is 21.6 Å². The van der Waals surface area contributed by atoms with Crippen LogP contribution in [0.3, 0.4) is 0 Å². The molecule has 0 amide bonds. The summed E-state index contributed by atoms with van der Waals surface area (Å²) in [4.78, 5) is 0. The Bertz CT molecular complexity index is 91.4. The van der Waals surface area contributed by atoms with Gasteiger partial charge in [0.1, 0.15) is 5.25 Å². The molecule has 0 aliphatic heterocycles. The second kappa shape index (κ2) is 4.38. The van der Waals surface area contributed by atoms with E-state index >= 15 is 0 Å². The minimum absolute atomic E-state index is 0.148. The summed E-state index contributed by atoms with van der Waals surface area (Å²) < 4.78 is 35.6. The van der Waals surface area contributed by atoms with Crippen molar-refractivity contribution in [3.05, 3.63) is 0 Å². The Hall–Kier alpha value is 0.490. The molecule has 0 saturated heterocycles. The Kier molecular flexibility index (Phi) is 4.60. The third kappa shape index (κ3) is 3.61. The van der Waals surface area contributed by atoms with Crippen LogP contribution < -0.4 is 0 Å². The van der Waals surface area contributed by atoms with Crippen molar-refractivity contribution in [2.45, 2.75) is 24.8 Å². The summed E-state index contributed by atoms with van der Waals surface area (Å²) in [5, 5.41) is -1.21. The maximum Gasteiger partial charge on any atom is 0.401 e. The average molecular weight is 190 g/mol. The van der Waals surface area contributed by atoms with Crippen LogP contribution in [-0.4, -0.2) is 17.7 Å². The van der Waals surface area contributed by atoms with Crippen molar-refractivity contribution in [3.63, 3.8) is 0 Å². The van der Waals surface area contributed by atoms with E-state index in [9.17, 15) is 13.2 Å². The predicted molar refractivity (Wildman–Crippen MR) is 41.2 cm³/mol. The van der Waals surface area contributed by atoms with Gasteiger partial charge < -0.3 is 0 Å². The van der Waals surface area contributed by atoms with Gasteiger partial charge in [-0.15, -0.1) is 0 Å². The minimum Gasteiger partial charge on any atom is -0.170 e. The van der Waals surface area contributed by atoms with Gasteiger partial charge in [-0.1, -0.05) is 28.5 Å². The Balaban J connectivity index is 3.81. The Labute approximate surface area is 66.3 Å². The quantitative estimate of drug-likeness (QED) is 0.626. The van der Waals surface area contributed by atoms with Crippen molar-refractivity contribution in [1.82, 2.24) is 0 Å². The van der Waals surface area contributed by atoms with E-state index in [0.29, 0.717) is 0 Å². The maximum atomic E-state index is 11.9.